The van der Waals surface area contributed by atoms with Gasteiger partial charge in [0, 0.05) is 13.0 Å². The lowest BCUT2D eigenvalue weighted by Gasteiger charge is -2.10. The molecule has 0 saturated carbocycles. The number of rotatable bonds is 3. The molecule has 0 saturated heterocycles. The monoisotopic (exact) mass is 218 g/mol. The van der Waals surface area contributed by atoms with E-state index in [0.717, 1.165) is 5.56 Å². The second-order valence-corrected chi connectivity index (χ2v) is 3.84. The van der Waals surface area contributed by atoms with Crippen molar-refractivity contribution in [1.29, 1.82) is 0 Å². The lowest BCUT2D eigenvalue weighted by molar-refractivity contribution is 0.184. The zero-order chi connectivity index (χ0) is 9.84. The van der Waals surface area contributed by atoms with Crippen molar-refractivity contribution in [2.24, 2.45) is 0 Å². The SMILES string of the molecule is COC[C@@H](C)c1ccc(Cl)c(Cl)c1. The van der Waals surface area contributed by atoms with Crippen molar-refractivity contribution in [3.63, 3.8) is 0 Å². The molecule has 0 spiro atoms. The number of methoxy groups -OCH3 is 1. The molecule has 0 aliphatic rings. The van der Waals surface area contributed by atoms with Crippen molar-refractivity contribution in [3.05, 3.63) is 33.8 Å². The van der Waals surface area contributed by atoms with Gasteiger partial charge in [0.15, 0.2) is 0 Å². The highest BCUT2D eigenvalue weighted by Crippen LogP contribution is 2.26. The summed E-state index contributed by atoms with van der Waals surface area (Å²) < 4.78 is 5.05. The first-order chi connectivity index (χ1) is 6.15. The smallest absolute Gasteiger partial charge is 0.0595 e. The maximum absolute atomic E-state index is 5.89. The fourth-order valence-corrected chi connectivity index (χ4v) is 1.47. The maximum Gasteiger partial charge on any atom is 0.0595 e. The van der Waals surface area contributed by atoms with Crippen molar-refractivity contribution < 1.29 is 4.74 Å². The Morgan fingerprint density at radius 3 is 2.54 bits per heavy atom. The van der Waals surface area contributed by atoms with Crippen molar-refractivity contribution in [1.82, 2.24) is 0 Å². The predicted octanol–water partition coefficient (Wildman–Crippen LogP) is 3.74. The average Bonchev–Trinajstić information content (AvgIpc) is 2.10. The summed E-state index contributed by atoms with van der Waals surface area (Å²) in [7, 11) is 1.69. The fourth-order valence-electron chi connectivity index (χ4n) is 1.17. The summed E-state index contributed by atoms with van der Waals surface area (Å²) in [6, 6.07) is 5.66. The van der Waals surface area contributed by atoms with E-state index in [-0.39, 0.29) is 0 Å². The van der Waals surface area contributed by atoms with Gasteiger partial charge in [0.2, 0.25) is 0 Å². The van der Waals surface area contributed by atoms with E-state index >= 15 is 0 Å². The van der Waals surface area contributed by atoms with Gasteiger partial charge >= 0.3 is 0 Å². The van der Waals surface area contributed by atoms with Crippen LogP contribution >= 0.6 is 23.2 Å². The zero-order valence-corrected chi connectivity index (χ0v) is 9.19. The fraction of sp³-hybridized carbons (Fsp3) is 0.400. The van der Waals surface area contributed by atoms with Crippen LogP contribution in [0.2, 0.25) is 10.0 Å². The Morgan fingerprint density at radius 1 is 1.31 bits per heavy atom. The lowest BCUT2D eigenvalue weighted by atomic mass is 10.0. The molecule has 0 aliphatic heterocycles. The number of hydrogen-bond donors (Lipinski definition) is 0. The van der Waals surface area contributed by atoms with Gasteiger partial charge in [-0.15, -0.1) is 0 Å². The molecule has 0 N–H and O–H groups in total. The standard InChI is InChI=1S/C10H12Cl2O/c1-7(6-13-2)8-3-4-9(11)10(12)5-8/h3-5,7H,6H2,1-2H3/t7-/m1/s1. The van der Waals surface area contributed by atoms with E-state index < -0.39 is 0 Å². The molecule has 1 nitrogen and oxygen atoms in total. The Labute approximate surface area is 88.6 Å². The largest absolute Gasteiger partial charge is 0.384 e. The van der Waals surface area contributed by atoms with E-state index in [9.17, 15) is 0 Å². The van der Waals surface area contributed by atoms with E-state index in [1.54, 1.807) is 7.11 Å². The predicted molar refractivity (Wildman–Crippen MR) is 56.8 cm³/mol. The second-order valence-electron chi connectivity index (χ2n) is 3.03. The molecule has 0 aliphatic carbocycles. The molecule has 1 atom stereocenters. The third kappa shape index (κ3) is 2.87. The quantitative estimate of drug-likeness (QED) is 0.752. The molecule has 13 heavy (non-hydrogen) atoms. The summed E-state index contributed by atoms with van der Waals surface area (Å²) in [5.41, 5.74) is 1.15. The molecule has 0 amide bonds. The second kappa shape index (κ2) is 4.85. The van der Waals surface area contributed by atoms with Crippen LogP contribution in [0, 0.1) is 0 Å². The van der Waals surface area contributed by atoms with E-state index in [2.05, 4.69) is 6.92 Å². The Hall–Kier alpha value is -0.240. The highest BCUT2D eigenvalue weighted by Gasteiger charge is 2.06. The van der Waals surface area contributed by atoms with Crippen molar-refractivity contribution >= 4 is 23.2 Å². The van der Waals surface area contributed by atoms with E-state index in [1.165, 1.54) is 0 Å². The minimum atomic E-state index is 0.347. The summed E-state index contributed by atoms with van der Waals surface area (Å²) in [4.78, 5) is 0. The normalized spacial score (nSPS) is 12.9. The molecule has 72 valence electrons. The van der Waals surface area contributed by atoms with Gasteiger partial charge in [-0.05, 0) is 17.7 Å². The maximum atomic E-state index is 5.89. The molecule has 1 rings (SSSR count). The molecule has 0 unspecified atom stereocenters. The molecule has 1 aromatic rings. The minimum absolute atomic E-state index is 0.347. The van der Waals surface area contributed by atoms with Gasteiger partial charge in [-0.25, -0.2) is 0 Å². The van der Waals surface area contributed by atoms with Crippen molar-refractivity contribution in [2.75, 3.05) is 13.7 Å². The van der Waals surface area contributed by atoms with Crippen LogP contribution in [-0.2, 0) is 4.74 Å². The van der Waals surface area contributed by atoms with Crippen LogP contribution in [0.3, 0.4) is 0 Å². The molecule has 0 aromatic heterocycles. The first-order valence-electron chi connectivity index (χ1n) is 4.09. The molecular formula is C10H12Cl2O. The number of halogens is 2. The zero-order valence-electron chi connectivity index (χ0n) is 7.68. The molecule has 3 heteroatoms. The van der Waals surface area contributed by atoms with E-state index in [0.29, 0.717) is 22.6 Å². The lowest BCUT2D eigenvalue weighted by Crippen LogP contribution is -2.01. The van der Waals surface area contributed by atoms with Gasteiger partial charge in [-0.2, -0.15) is 0 Å². The Balaban J connectivity index is 2.84. The molecule has 1 aromatic carbocycles. The average molecular weight is 219 g/mol. The van der Waals surface area contributed by atoms with Crippen molar-refractivity contribution in [3.8, 4) is 0 Å². The summed E-state index contributed by atoms with van der Waals surface area (Å²) in [6.45, 7) is 2.78. The van der Waals surface area contributed by atoms with Crippen LogP contribution < -0.4 is 0 Å². The summed E-state index contributed by atoms with van der Waals surface area (Å²) in [6.07, 6.45) is 0. The van der Waals surface area contributed by atoms with Gasteiger partial charge in [-0.3, -0.25) is 0 Å². The highest BCUT2D eigenvalue weighted by molar-refractivity contribution is 6.42. The van der Waals surface area contributed by atoms with Crippen LogP contribution in [0.25, 0.3) is 0 Å². The van der Waals surface area contributed by atoms with Gasteiger partial charge < -0.3 is 4.74 Å². The third-order valence-corrected chi connectivity index (χ3v) is 2.67. The van der Waals surface area contributed by atoms with Gasteiger partial charge in [0.05, 0.1) is 16.7 Å². The van der Waals surface area contributed by atoms with Crippen LogP contribution in [0.5, 0.6) is 0 Å². The topological polar surface area (TPSA) is 9.23 Å². The first kappa shape index (κ1) is 10.8. The Kier molecular flexibility index (Phi) is 4.04. The van der Waals surface area contributed by atoms with Crippen LogP contribution in [0.15, 0.2) is 18.2 Å². The summed E-state index contributed by atoms with van der Waals surface area (Å²) in [5, 5.41) is 1.19. The van der Waals surface area contributed by atoms with Crippen LogP contribution in [0.1, 0.15) is 18.4 Å². The van der Waals surface area contributed by atoms with Crippen LogP contribution in [-0.4, -0.2) is 13.7 Å². The first-order valence-corrected chi connectivity index (χ1v) is 4.84. The number of benzene rings is 1. The number of hydrogen-bond acceptors (Lipinski definition) is 1. The summed E-state index contributed by atoms with van der Waals surface area (Å²) in [5.74, 6) is 0.347. The molecule has 0 radical (unpaired) electrons. The van der Waals surface area contributed by atoms with Crippen LogP contribution in [0.4, 0.5) is 0 Å². The minimum Gasteiger partial charge on any atom is -0.384 e. The molecule has 0 fully saturated rings. The summed E-state index contributed by atoms with van der Waals surface area (Å²) >= 11 is 11.7. The van der Waals surface area contributed by atoms with Gasteiger partial charge in [-0.1, -0.05) is 36.2 Å². The highest BCUT2D eigenvalue weighted by atomic mass is 35.5. The Bertz CT molecular complexity index is 286. The van der Waals surface area contributed by atoms with Gasteiger partial charge in [0.25, 0.3) is 0 Å². The number of ether oxygens (including phenoxy) is 1. The molecular weight excluding hydrogens is 207 g/mol. The van der Waals surface area contributed by atoms with E-state index in [4.69, 9.17) is 27.9 Å². The molecule has 0 heterocycles. The van der Waals surface area contributed by atoms with Gasteiger partial charge in [0.1, 0.15) is 0 Å². The Morgan fingerprint density at radius 2 is 2.00 bits per heavy atom. The van der Waals surface area contributed by atoms with Crippen molar-refractivity contribution in [2.45, 2.75) is 12.8 Å². The molecule has 0 bridgehead atoms. The third-order valence-electron chi connectivity index (χ3n) is 1.93. The van der Waals surface area contributed by atoms with E-state index in [1.807, 2.05) is 18.2 Å².